The Balaban J connectivity index is 2.04. The summed E-state index contributed by atoms with van der Waals surface area (Å²) in [5, 5.41) is 0. The van der Waals surface area contributed by atoms with Crippen molar-refractivity contribution in [2.75, 3.05) is 22.4 Å². The number of hydrogen-bond acceptors (Lipinski definition) is 4. The molecule has 0 spiro atoms. The number of alkyl halides is 2. The van der Waals surface area contributed by atoms with Crippen LogP contribution in [0.5, 0.6) is 0 Å². The summed E-state index contributed by atoms with van der Waals surface area (Å²) in [6.45, 7) is 0.712. The van der Waals surface area contributed by atoms with E-state index in [9.17, 15) is 0 Å². The predicted octanol–water partition coefficient (Wildman–Crippen LogP) is 1.34. The van der Waals surface area contributed by atoms with Crippen molar-refractivity contribution in [3.8, 4) is 0 Å². The highest BCUT2D eigenvalue weighted by molar-refractivity contribution is 14.1. The number of rotatable bonds is 2. The minimum Gasteiger partial charge on any atom is -0.349 e. The molecule has 4 atom stereocenters. The molecule has 2 saturated heterocycles. The minimum absolute atomic E-state index is 0.0363. The quantitative estimate of drug-likeness (QED) is 0.494. The molecule has 2 aliphatic heterocycles. The number of ether oxygens (including phenoxy) is 4. The Hall–Kier alpha value is 1.30. The highest BCUT2D eigenvalue weighted by Gasteiger charge is 2.43. The summed E-state index contributed by atoms with van der Waals surface area (Å²) in [4.78, 5) is 0. The van der Waals surface area contributed by atoms with E-state index in [4.69, 9.17) is 18.9 Å². The lowest BCUT2D eigenvalue weighted by molar-refractivity contribution is -0.314. The van der Waals surface area contributed by atoms with E-state index >= 15 is 0 Å². The highest BCUT2D eigenvalue weighted by atomic mass is 127. The zero-order valence-corrected chi connectivity index (χ0v) is 11.8. The average molecular weight is 426 g/mol. The highest BCUT2D eigenvalue weighted by Crippen LogP contribution is 2.27. The fraction of sp³-hybridized carbons (Fsp3) is 1.00. The smallest absolute Gasteiger partial charge is 0.147 e. The summed E-state index contributed by atoms with van der Waals surface area (Å²) in [5.41, 5.74) is 0. The van der Waals surface area contributed by atoms with Gasteiger partial charge in [0.1, 0.15) is 25.8 Å². The van der Waals surface area contributed by atoms with Gasteiger partial charge in [0.15, 0.2) is 0 Å². The SMILES string of the molecule is IC[C@@H]1OCO[C@H]2[C@H]1OCO[C@H]2CI. The maximum absolute atomic E-state index is 5.54. The van der Waals surface area contributed by atoms with Gasteiger partial charge in [-0.25, -0.2) is 0 Å². The van der Waals surface area contributed by atoms with Gasteiger partial charge in [0.25, 0.3) is 0 Å². The fourth-order valence-electron chi connectivity index (χ4n) is 1.69. The van der Waals surface area contributed by atoms with E-state index in [0.29, 0.717) is 13.6 Å². The lowest BCUT2D eigenvalue weighted by Crippen LogP contribution is -2.57. The first-order valence-electron chi connectivity index (χ1n) is 4.45. The van der Waals surface area contributed by atoms with E-state index in [0.717, 1.165) is 8.86 Å². The Morgan fingerprint density at radius 1 is 0.786 bits per heavy atom. The van der Waals surface area contributed by atoms with Crippen molar-refractivity contribution in [3.05, 3.63) is 0 Å². The van der Waals surface area contributed by atoms with Crippen LogP contribution in [0.1, 0.15) is 0 Å². The van der Waals surface area contributed by atoms with Gasteiger partial charge in [-0.15, -0.1) is 0 Å². The Labute approximate surface area is 110 Å². The predicted molar refractivity (Wildman–Crippen MR) is 67.0 cm³/mol. The van der Waals surface area contributed by atoms with Crippen LogP contribution in [0.4, 0.5) is 0 Å². The lowest BCUT2D eigenvalue weighted by Gasteiger charge is -2.43. The van der Waals surface area contributed by atoms with Gasteiger partial charge in [0, 0.05) is 8.86 Å². The van der Waals surface area contributed by atoms with Crippen LogP contribution in [0.2, 0.25) is 0 Å². The van der Waals surface area contributed by atoms with Gasteiger partial charge in [0.2, 0.25) is 0 Å². The van der Waals surface area contributed by atoms with Gasteiger partial charge in [-0.1, -0.05) is 45.2 Å². The molecule has 0 aliphatic carbocycles. The van der Waals surface area contributed by atoms with Crippen LogP contribution in [0, 0.1) is 0 Å². The molecular formula is C8H12I2O4. The van der Waals surface area contributed by atoms with Gasteiger partial charge in [-0.3, -0.25) is 0 Å². The van der Waals surface area contributed by atoms with Gasteiger partial charge in [-0.05, 0) is 0 Å². The number of halogens is 2. The van der Waals surface area contributed by atoms with E-state index in [2.05, 4.69) is 45.2 Å². The zero-order valence-electron chi connectivity index (χ0n) is 7.53. The number of fused-ring (bicyclic) bond motifs is 1. The van der Waals surface area contributed by atoms with Gasteiger partial charge in [0.05, 0.1) is 12.2 Å². The average Bonchev–Trinajstić information content (AvgIpc) is 2.27. The molecule has 0 radical (unpaired) electrons. The number of hydrogen-bond donors (Lipinski definition) is 0. The van der Waals surface area contributed by atoms with E-state index in [-0.39, 0.29) is 24.4 Å². The van der Waals surface area contributed by atoms with Gasteiger partial charge in [-0.2, -0.15) is 0 Å². The van der Waals surface area contributed by atoms with Crippen LogP contribution < -0.4 is 0 Å². The summed E-state index contributed by atoms with van der Waals surface area (Å²) in [6.07, 6.45) is 0.357. The van der Waals surface area contributed by atoms with Crippen molar-refractivity contribution in [1.82, 2.24) is 0 Å². The summed E-state index contributed by atoms with van der Waals surface area (Å²) in [5.74, 6) is 0. The molecule has 0 bridgehead atoms. The van der Waals surface area contributed by atoms with Crippen LogP contribution in [-0.2, 0) is 18.9 Å². The summed E-state index contributed by atoms with van der Waals surface area (Å²) >= 11 is 4.62. The van der Waals surface area contributed by atoms with Crippen LogP contribution in [0.25, 0.3) is 0 Å². The third kappa shape index (κ3) is 2.34. The fourth-order valence-corrected chi connectivity index (χ4v) is 3.20. The Morgan fingerprint density at radius 3 is 1.57 bits per heavy atom. The van der Waals surface area contributed by atoms with E-state index < -0.39 is 0 Å². The molecule has 4 nitrogen and oxygen atoms in total. The standard InChI is InChI=1S/C8H12I2O4/c9-1-5-7-8(14-3-11-5)6(2-10)12-4-13-7/h5-8H,1-4H2/t5-,6-,7-,8+/m0/s1. The first kappa shape index (κ1) is 11.8. The molecule has 2 aliphatic rings. The summed E-state index contributed by atoms with van der Waals surface area (Å²) in [6, 6.07) is 0. The van der Waals surface area contributed by atoms with Crippen molar-refractivity contribution in [3.63, 3.8) is 0 Å². The van der Waals surface area contributed by atoms with E-state index in [1.54, 1.807) is 0 Å². The second kappa shape index (κ2) is 5.58. The van der Waals surface area contributed by atoms with Crippen LogP contribution in [-0.4, -0.2) is 46.9 Å². The van der Waals surface area contributed by atoms with Crippen molar-refractivity contribution in [2.24, 2.45) is 0 Å². The maximum atomic E-state index is 5.54. The first-order chi connectivity index (χ1) is 6.86. The molecule has 0 saturated carbocycles. The first-order valence-corrected chi connectivity index (χ1v) is 7.50. The molecule has 6 heteroatoms. The molecule has 0 aromatic carbocycles. The molecule has 0 N–H and O–H groups in total. The molecule has 2 rings (SSSR count). The van der Waals surface area contributed by atoms with Crippen LogP contribution in [0.15, 0.2) is 0 Å². The van der Waals surface area contributed by atoms with Crippen molar-refractivity contribution in [1.29, 1.82) is 0 Å². The van der Waals surface area contributed by atoms with Gasteiger partial charge >= 0.3 is 0 Å². The summed E-state index contributed by atoms with van der Waals surface area (Å²) in [7, 11) is 0. The Bertz CT molecular complexity index is 172. The molecule has 0 aromatic heterocycles. The second-order valence-electron chi connectivity index (χ2n) is 3.22. The van der Waals surface area contributed by atoms with Crippen LogP contribution in [0.3, 0.4) is 0 Å². The molecule has 82 valence electrons. The van der Waals surface area contributed by atoms with Crippen molar-refractivity contribution < 1.29 is 18.9 Å². The lowest BCUT2D eigenvalue weighted by atomic mass is 10.0. The molecule has 0 aromatic rings. The maximum Gasteiger partial charge on any atom is 0.147 e. The Kier molecular flexibility index (Phi) is 4.69. The summed E-state index contributed by atoms with van der Waals surface area (Å²) < 4.78 is 23.9. The third-order valence-corrected chi connectivity index (χ3v) is 4.18. The molecular weight excluding hydrogens is 414 g/mol. The molecule has 2 fully saturated rings. The third-order valence-electron chi connectivity index (χ3n) is 2.45. The van der Waals surface area contributed by atoms with E-state index in [1.807, 2.05) is 0 Å². The minimum atomic E-state index is 0.0363. The largest absolute Gasteiger partial charge is 0.349 e. The van der Waals surface area contributed by atoms with Gasteiger partial charge < -0.3 is 18.9 Å². The molecule has 14 heavy (non-hydrogen) atoms. The zero-order chi connectivity index (χ0) is 9.97. The van der Waals surface area contributed by atoms with E-state index in [1.165, 1.54) is 0 Å². The van der Waals surface area contributed by atoms with Crippen molar-refractivity contribution in [2.45, 2.75) is 24.4 Å². The van der Waals surface area contributed by atoms with Crippen LogP contribution >= 0.6 is 45.2 Å². The topological polar surface area (TPSA) is 36.9 Å². The Morgan fingerprint density at radius 2 is 1.21 bits per heavy atom. The second-order valence-corrected chi connectivity index (χ2v) is 4.98. The normalized spacial score (nSPS) is 43.3. The van der Waals surface area contributed by atoms with Crippen molar-refractivity contribution >= 4 is 45.2 Å². The molecule has 2 heterocycles. The monoisotopic (exact) mass is 426 g/mol. The molecule has 0 unspecified atom stereocenters. The molecule has 0 amide bonds.